The molecule has 2 atom stereocenters. The standard InChI is InChI=1S/C24H28N4O5S/c1-15-11-16(2)14-28(13-15)34(30,31)22-12-18(9-10-21(22)32-4)24(29)26-20-8-6-5-7-19(20)23-25-17(3)33-27-23/h5-10,12,15-16H,11,13-14H2,1-4H3,(H,26,29). The van der Waals surface area contributed by atoms with Crippen molar-refractivity contribution < 1.29 is 22.5 Å². The number of piperidine rings is 1. The van der Waals surface area contributed by atoms with Crippen molar-refractivity contribution in [3.63, 3.8) is 0 Å². The Balaban J connectivity index is 1.66. The third kappa shape index (κ3) is 4.83. The molecule has 1 saturated heterocycles. The fraction of sp³-hybridized carbons (Fsp3) is 0.375. The molecule has 4 rings (SSSR count). The van der Waals surface area contributed by atoms with Crippen LogP contribution in [0.5, 0.6) is 5.75 Å². The molecule has 2 heterocycles. The van der Waals surface area contributed by atoms with Gasteiger partial charge >= 0.3 is 0 Å². The summed E-state index contributed by atoms with van der Waals surface area (Å²) in [6.45, 7) is 6.64. The van der Waals surface area contributed by atoms with Gasteiger partial charge in [0.15, 0.2) is 0 Å². The number of aryl methyl sites for hydroxylation is 1. The Labute approximate surface area is 199 Å². The lowest BCUT2D eigenvalue weighted by Crippen LogP contribution is -2.42. The number of anilines is 1. The van der Waals surface area contributed by atoms with Gasteiger partial charge in [-0.25, -0.2) is 8.42 Å². The number of hydrogen-bond acceptors (Lipinski definition) is 7. The second-order valence-electron chi connectivity index (χ2n) is 8.77. The Bertz CT molecular complexity index is 1290. The van der Waals surface area contributed by atoms with Crippen LogP contribution < -0.4 is 10.1 Å². The number of aromatic nitrogens is 2. The number of carbonyl (C=O) groups is 1. The molecule has 10 heteroatoms. The van der Waals surface area contributed by atoms with Gasteiger partial charge in [0.05, 0.1) is 12.8 Å². The molecule has 3 aromatic rings. The Kier molecular flexibility index (Phi) is 6.72. The van der Waals surface area contributed by atoms with Crippen LogP contribution in [0.25, 0.3) is 11.4 Å². The van der Waals surface area contributed by atoms with Gasteiger partial charge in [0, 0.05) is 31.1 Å². The number of nitrogens with one attached hydrogen (secondary N) is 1. The van der Waals surface area contributed by atoms with E-state index < -0.39 is 15.9 Å². The minimum atomic E-state index is -3.85. The zero-order valence-electron chi connectivity index (χ0n) is 19.6. The molecule has 1 aliphatic rings. The van der Waals surface area contributed by atoms with Crippen LogP contribution in [0.15, 0.2) is 51.9 Å². The maximum atomic E-state index is 13.5. The van der Waals surface area contributed by atoms with E-state index in [1.54, 1.807) is 31.2 Å². The smallest absolute Gasteiger partial charge is 0.255 e. The third-order valence-electron chi connectivity index (χ3n) is 5.82. The third-order valence-corrected chi connectivity index (χ3v) is 7.68. The lowest BCUT2D eigenvalue weighted by atomic mass is 9.94. The highest BCUT2D eigenvalue weighted by Gasteiger charge is 2.34. The predicted molar refractivity (Wildman–Crippen MR) is 127 cm³/mol. The molecular weight excluding hydrogens is 456 g/mol. The van der Waals surface area contributed by atoms with Crippen LogP contribution in [0.2, 0.25) is 0 Å². The molecule has 0 radical (unpaired) electrons. The molecule has 0 saturated carbocycles. The number of nitrogens with zero attached hydrogens (tertiary/aromatic N) is 3. The van der Waals surface area contributed by atoms with Crippen LogP contribution in [0.1, 0.15) is 36.5 Å². The summed E-state index contributed by atoms with van der Waals surface area (Å²) in [7, 11) is -2.44. The van der Waals surface area contributed by atoms with Crippen molar-refractivity contribution >= 4 is 21.6 Å². The van der Waals surface area contributed by atoms with E-state index in [0.717, 1.165) is 6.42 Å². The van der Waals surface area contributed by atoms with Crippen molar-refractivity contribution in [1.82, 2.24) is 14.4 Å². The zero-order valence-corrected chi connectivity index (χ0v) is 20.4. The van der Waals surface area contributed by atoms with E-state index in [1.807, 2.05) is 13.8 Å². The first-order valence-corrected chi connectivity index (χ1v) is 12.5. The van der Waals surface area contributed by atoms with E-state index in [4.69, 9.17) is 9.26 Å². The molecule has 0 aliphatic carbocycles. The molecule has 34 heavy (non-hydrogen) atoms. The highest BCUT2D eigenvalue weighted by molar-refractivity contribution is 7.89. The van der Waals surface area contributed by atoms with Gasteiger partial charge < -0.3 is 14.6 Å². The quantitative estimate of drug-likeness (QED) is 0.563. The van der Waals surface area contributed by atoms with E-state index in [1.165, 1.54) is 29.6 Å². The number of methoxy groups -OCH3 is 1. The average molecular weight is 485 g/mol. The SMILES string of the molecule is COc1ccc(C(=O)Nc2ccccc2-c2noc(C)n2)cc1S(=O)(=O)N1CC(C)CC(C)C1. The van der Waals surface area contributed by atoms with Crippen LogP contribution in [-0.4, -0.2) is 49.0 Å². The number of rotatable bonds is 6. The average Bonchev–Trinajstić information content (AvgIpc) is 3.24. The highest BCUT2D eigenvalue weighted by Crippen LogP contribution is 2.32. The number of amides is 1. The first-order chi connectivity index (χ1) is 16.2. The van der Waals surface area contributed by atoms with Gasteiger partial charge in [-0.15, -0.1) is 0 Å². The lowest BCUT2D eigenvalue weighted by Gasteiger charge is -2.34. The molecular formula is C24H28N4O5S. The lowest BCUT2D eigenvalue weighted by molar-refractivity contribution is 0.102. The van der Waals surface area contributed by atoms with Crippen molar-refractivity contribution in [2.75, 3.05) is 25.5 Å². The van der Waals surface area contributed by atoms with E-state index in [2.05, 4.69) is 15.5 Å². The summed E-state index contributed by atoms with van der Waals surface area (Å²) in [5.74, 6) is 0.988. The normalized spacial score (nSPS) is 19.1. The molecule has 2 unspecified atom stereocenters. The first kappa shape index (κ1) is 23.9. The van der Waals surface area contributed by atoms with Gasteiger partial charge in [-0.2, -0.15) is 9.29 Å². The fourth-order valence-corrected chi connectivity index (χ4v) is 6.21. The van der Waals surface area contributed by atoms with E-state index in [0.29, 0.717) is 36.1 Å². The Morgan fingerprint density at radius 2 is 1.85 bits per heavy atom. The second-order valence-corrected chi connectivity index (χ2v) is 10.7. The minimum absolute atomic E-state index is 0.0222. The summed E-state index contributed by atoms with van der Waals surface area (Å²) in [5, 5.41) is 6.76. The second kappa shape index (κ2) is 9.55. The molecule has 1 aliphatic heterocycles. The molecule has 9 nitrogen and oxygen atoms in total. The molecule has 0 spiro atoms. The minimum Gasteiger partial charge on any atom is -0.495 e. The number of carbonyl (C=O) groups excluding carboxylic acids is 1. The highest BCUT2D eigenvalue weighted by atomic mass is 32.2. The summed E-state index contributed by atoms with van der Waals surface area (Å²) in [5.41, 5.74) is 1.26. The molecule has 1 aromatic heterocycles. The van der Waals surface area contributed by atoms with Crippen molar-refractivity contribution in [2.24, 2.45) is 11.8 Å². The van der Waals surface area contributed by atoms with E-state index >= 15 is 0 Å². The number of hydrogen-bond donors (Lipinski definition) is 1. The molecule has 1 N–H and O–H groups in total. The van der Waals surface area contributed by atoms with Gasteiger partial charge in [-0.1, -0.05) is 31.1 Å². The number of sulfonamides is 1. The Hall–Kier alpha value is -3.24. The molecule has 180 valence electrons. The van der Waals surface area contributed by atoms with Crippen LogP contribution >= 0.6 is 0 Å². The topological polar surface area (TPSA) is 115 Å². The van der Waals surface area contributed by atoms with E-state index in [9.17, 15) is 13.2 Å². The van der Waals surface area contributed by atoms with Crippen LogP contribution in [-0.2, 0) is 10.0 Å². The Morgan fingerprint density at radius 3 is 2.50 bits per heavy atom. The summed E-state index contributed by atoms with van der Waals surface area (Å²) in [4.78, 5) is 17.3. The first-order valence-electron chi connectivity index (χ1n) is 11.1. The number of para-hydroxylation sites is 1. The number of benzene rings is 2. The summed E-state index contributed by atoms with van der Waals surface area (Å²) < 4.78 is 38.9. The van der Waals surface area contributed by atoms with Crippen LogP contribution in [0.3, 0.4) is 0 Å². The number of ether oxygens (including phenoxy) is 1. The molecule has 1 amide bonds. The summed E-state index contributed by atoms with van der Waals surface area (Å²) in [6, 6.07) is 11.5. The maximum absolute atomic E-state index is 13.5. The molecule has 0 bridgehead atoms. The Morgan fingerprint density at radius 1 is 1.15 bits per heavy atom. The predicted octanol–water partition coefficient (Wildman–Crippen LogP) is 3.97. The monoisotopic (exact) mass is 484 g/mol. The largest absolute Gasteiger partial charge is 0.495 e. The van der Waals surface area contributed by atoms with Crippen LogP contribution in [0.4, 0.5) is 5.69 Å². The van der Waals surface area contributed by atoms with Gasteiger partial charge in [0.2, 0.25) is 21.7 Å². The molecule has 1 fully saturated rings. The van der Waals surface area contributed by atoms with Gasteiger partial charge in [0.25, 0.3) is 5.91 Å². The zero-order chi connectivity index (χ0) is 24.5. The van der Waals surface area contributed by atoms with E-state index in [-0.39, 0.29) is 28.0 Å². The summed E-state index contributed by atoms with van der Waals surface area (Å²) >= 11 is 0. The maximum Gasteiger partial charge on any atom is 0.255 e. The van der Waals surface area contributed by atoms with Gasteiger partial charge in [0.1, 0.15) is 10.6 Å². The molecule has 2 aromatic carbocycles. The van der Waals surface area contributed by atoms with Crippen molar-refractivity contribution in [3.8, 4) is 17.1 Å². The fourth-order valence-electron chi connectivity index (χ4n) is 4.35. The van der Waals surface area contributed by atoms with Crippen LogP contribution in [0, 0.1) is 18.8 Å². The van der Waals surface area contributed by atoms with Crippen molar-refractivity contribution in [2.45, 2.75) is 32.1 Å². The van der Waals surface area contributed by atoms with Crippen molar-refractivity contribution in [3.05, 3.63) is 53.9 Å². The van der Waals surface area contributed by atoms with Gasteiger partial charge in [-0.05, 0) is 48.6 Å². The summed E-state index contributed by atoms with van der Waals surface area (Å²) in [6.07, 6.45) is 0.977. The van der Waals surface area contributed by atoms with Gasteiger partial charge in [-0.3, -0.25) is 4.79 Å². The van der Waals surface area contributed by atoms with Crippen molar-refractivity contribution in [1.29, 1.82) is 0 Å².